The largest absolute Gasteiger partial charge is 0.479 e. The summed E-state index contributed by atoms with van der Waals surface area (Å²) in [5.41, 5.74) is 0.434. The van der Waals surface area contributed by atoms with E-state index >= 15 is 0 Å². The second-order valence-corrected chi connectivity index (χ2v) is 12.8. The first-order valence-corrected chi connectivity index (χ1v) is 13.2. The number of oxime groups is 1. The molecular formula is C28H42N2O6. The molecule has 0 radical (unpaired) electrons. The molecule has 7 atom stereocenters. The molecule has 8 heteroatoms. The van der Waals surface area contributed by atoms with Crippen LogP contribution in [0, 0.1) is 34.0 Å². The summed E-state index contributed by atoms with van der Waals surface area (Å²) in [7, 11) is 0. The van der Waals surface area contributed by atoms with Crippen LogP contribution in [0.3, 0.4) is 0 Å². The number of hydrogen-bond donors (Lipinski definition) is 4. The number of carbonyl (C=O) groups excluding carboxylic acids is 1. The molecule has 1 amide bonds. The fraction of sp³-hybridized carbons (Fsp3) is 0.750. The van der Waals surface area contributed by atoms with Gasteiger partial charge in [0.25, 0.3) is 5.91 Å². The van der Waals surface area contributed by atoms with Crippen molar-refractivity contribution in [3.05, 3.63) is 23.8 Å². The summed E-state index contributed by atoms with van der Waals surface area (Å²) in [6.07, 6.45) is 11.1. The van der Waals surface area contributed by atoms with Crippen LogP contribution < -0.4 is 5.32 Å². The Morgan fingerprint density at radius 2 is 1.89 bits per heavy atom. The first-order chi connectivity index (χ1) is 16.7. The number of carboxylic acids is 1. The van der Waals surface area contributed by atoms with Gasteiger partial charge in [-0.3, -0.25) is 4.79 Å². The topological polar surface area (TPSA) is 128 Å². The van der Waals surface area contributed by atoms with Crippen molar-refractivity contribution in [2.75, 3.05) is 13.2 Å². The molecule has 4 N–H and O–H groups in total. The Kier molecular flexibility index (Phi) is 6.92. The van der Waals surface area contributed by atoms with Crippen LogP contribution in [0.1, 0.15) is 73.1 Å². The van der Waals surface area contributed by atoms with E-state index in [1.807, 2.05) is 13.0 Å². The van der Waals surface area contributed by atoms with Crippen LogP contribution in [0.5, 0.6) is 0 Å². The first-order valence-electron chi connectivity index (χ1n) is 13.2. The predicted octanol–water partition coefficient (Wildman–Crippen LogP) is 3.44. The minimum Gasteiger partial charge on any atom is -0.479 e. The maximum absolute atomic E-state index is 12.1. The van der Waals surface area contributed by atoms with Gasteiger partial charge in [-0.25, -0.2) is 4.79 Å². The van der Waals surface area contributed by atoms with Crippen molar-refractivity contribution in [3.8, 4) is 0 Å². The third kappa shape index (κ3) is 4.51. The molecule has 0 aromatic rings. The van der Waals surface area contributed by atoms with Crippen molar-refractivity contribution < 1.29 is 29.7 Å². The molecule has 200 valence electrons. The van der Waals surface area contributed by atoms with Crippen LogP contribution in [0.15, 0.2) is 29.0 Å². The molecule has 0 aliphatic heterocycles. The summed E-state index contributed by atoms with van der Waals surface area (Å²) in [6.45, 7) is 9.52. The van der Waals surface area contributed by atoms with E-state index < -0.39 is 29.0 Å². The molecule has 8 nitrogen and oxygen atoms in total. The number of aliphatic hydroxyl groups excluding tert-OH is 1. The second kappa shape index (κ2) is 9.28. The Labute approximate surface area is 213 Å². The Bertz CT molecular complexity index is 998. The maximum Gasteiger partial charge on any atom is 0.333 e. The Hall–Kier alpha value is -2.19. The lowest BCUT2D eigenvalue weighted by Crippen LogP contribution is -2.53. The summed E-state index contributed by atoms with van der Waals surface area (Å²) in [6, 6.07) is 0. The van der Waals surface area contributed by atoms with Crippen LogP contribution in [-0.2, 0) is 14.4 Å². The van der Waals surface area contributed by atoms with Crippen molar-refractivity contribution in [2.24, 2.45) is 39.2 Å². The number of carbonyl (C=O) groups is 2. The molecule has 0 bridgehead atoms. The molecule has 0 spiro atoms. The molecule has 0 aromatic heterocycles. The van der Waals surface area contributed by atoms with E-state index in [1.54, 1.807) is 13.8 Å². The van der Waals surface area contributed by atoms with Crippen LogP contribution in [-0.4, -0.2) is 57.8 Å². The number of nitrogens with one attached hydrogen (secondary N) is 1. The van der Waals surface area contributed by atoms with Crippen LogP contribution >= 0.6 is 0 Å². The molecule has 4 rings (SSSR count). The van der Waals surface area contributed by atoms with Gasteiger partial charge in [0.1, 0.15) is 5.71 Å². The van der Waals surface area contributed by atoms with Gasteiger partial charge in [-0.2, -0.15) is 0 Å². The lowest BCUT2D eigenvalue weighted by Gasteiger charge is -2.58. The van der Waals surface area contributed by atoms with E-state index in [2.05, 4.69) is 36.5 Å². The van der Waals surface area contributed by atoms with E-state index in [9.17, 15) is 19.8 Å². The van der Waals surface area contributed by atoms with Crippen molar-refractivity contribution >= 4 is 17.6 Å². The minimum absolute atomic E-state index is 0.000429. The summed E-state index contributed by atoms with van der Waals surface area (Å²) in [5.74, 6) is -0.0187. The van der Waals surface area contributed by atoms with Gasteiger partial charge in [-0.15, -0.1) is 0 Å². The fourth-order valence-corrected chi connectivity index (χ4v) is 7.48. The lowest BCUT2D eigenvalue weighted by molar-refractivity contribution is -0.153. The predicted molar refractivity (Wildman–Crippen MR) is 136 cm³/mol. The zero-order chi connectivity index (χ0) is 26.5. The highest BCUT2D eigenvalue weighted by atomic mass is 16.6. The van der Waals surface area contributed by atoms with E-state index in [0.717, 1.165) is 38.5 Å². The number of amides is 1. The highest BCUT2D eigenvalue weighted by Crippen LogP contribution is 2.66. The summed E-state index contributed by atoms with van der Waals surface area (Å²) in [5, 5.41) is 36.6. The normalized spacial score (nSPS) is 39.5. The highest BCUT2D eigenvalue weighted by Gasteiger charge is 2.62. The number of fused-ring (bicyclic) bond motifs is 5. The van der Waals surface area contributed by atoms with E-state index in [-0.39, 0.29) is 24.0 Å². The number of aliphatic carboxylic acids is 1. The molecule has 0 saturated heterocycles. The summed E-state index contributed by atoms with van der Waals surface area (Å²) >= 11 is 0. The number of allylic oxidation sites excluding steroid dienone is 4. The Balaban J connectivity index is 1.35. The monoisotopic (exact) mass is 502 g/mol. The van der Waals surface area contributed by atoms with Gasteiger partial charge in [-0.05, 0) is 80.8 Å². The standard InChI is InChI=1S/C28H42N2O6/c1-25(2,23(32)24(33)34)16-29-22(31)15-36-30-18-8-11-26(3)17(14-18)6-7-19-20(26)9-12-27(4)21(19)10-13-28(27,5)35/h8,11,14,19-21,23,32,35H,6-7,9-10,12-13,15-16H2,1-5H3,(H,29,31)(H,33,34)/b30-18+/t19-,20+,21+,23-,26+,27+,28+/m1/s1. The first kappa shape index (κ1) is 26.9. The van der Waals surface area contributed by atoms with E-state index in [0.29, 0.717) is 23.5 Å². The van der Waals surface area contributed by atoms with Crippen LogP contribution in [0.2, 0.25) is 0 Å². The SMILES string of the molecule is CC(C)(CNC(=O)CO/N=C1\C=C[C@@]2(C)C(=C1)CC[C@@H]1[C@@H]2CC[C@@]2(C)[C@H]1CC[C@]2(C)O)[C@H](O)C(=O)O. The van der Waals surface area contributed by atoms with Crippen LogP contribution in [0.25, 0.3) is 0 Å². The average molecular weight is 503 g/mol. The number of nitrogens with zero attached hydrogens (tertiary/aromatic N) is 1. The summed E-state index contributed by atoms with van der Waals surface area (Å²) < 4.78 is 0. The van der Waals surface area contributed by atoms with Crippen molar-refractivity contribution in [2.45, 2.75) is 84.8 Å². The maximum atomic E-state index is 12.1. The average Bonchev–Trinajstić information content (AvgIpc) is 3.06. The highest BCUT2D eigenvalue weighted by molar-refractivity contribution is 6.05. The van der Waals surface area contributed by atoms with Gasteiger partial charge in [0, 0.05) is 17.4 Å². The van der Waals surface area contributed by atoms with Crippen molar-refractivity contribution in [3.63, 3.8) is 0 Å². The molecule has 3 fully saturated rings. The third-order valence-electron chi connectivity index (χ3n) is 10.2. The number of carboxylic acid groups (broad SMARTS) is 1. The number of aliphatic hydroxyl groups is 2. The third-order valence-corrected chi connectivity index (χ3v) is 10.2. The van der Waals surface area contributed by atoms with E-state index in [1.165, 1.54) is 5.57 Å². The smallest absolute Gasteiger partial charge is 0.333 e. The molecule has 4 aliphatic carbocycles. The second-order valence-electron chi connectivity index (χ2n) is 12.8. The minimum atomic E-state index is -1.58. The fourth-order valence-electron chi connectivity index (χ4n) is 7.48. The summed E-state index contributed by atoms with van der Waals surface area (Å²) in [4.78, 5) is 28.4. The molecule has 0 heterocycles. The molecule has 4 aliphatic rings. The van der Waals surface area contributed by atoms with Crippen LogP contribution in [0.4, 0.5) is 0 Å². The van der Waals surface area contributed by atoms with Gasteiger partial charge in [0.15, 0.2) is 12.7 Å². The van der Waals surface area contributed by atoms with Gasteiger partial charge in [0.05, 0.1) is 5.60 Å². The number of hydrogen-bond acceptors (Lipinski definition) is 6. The molecule has 0 unspecified atom stereocenters. The molecule has 0 aromatic carbocycles. The van der Waals surface area contributed by atoms with E-state index in [4.69, 9.17) is 9.94 Å². The van der Waals surface area contributed by atoms with Crippen molar-refractivity contribution in [1.29, 1.82) is 0 Å². The van der Waals surface area contributed by atoms with Gasteiger partial charge >= 0.3 is 5.97 Å². The molecule has 36 heavy (non-hydrogen) atoms. The Morgan fingerprint density at radius 3 is 2.58 bits per heavy atom. The molecular weight excluding hydrogens is 460 g/mol. The Morgan fingerprint density at radius 1 is 1.19 bits per heavy atom. The quantitative estimate of drug-likeness (QED) is 0.395. The van der Waals surface area contributed by atoms with Gasteiger partial charge < -0.3 is 25.5 Å². The zero-order valence-corrected chi connectivity index (χ0v) is 22.2. The van der Waals surface area contributed by atoms with Gasteiger partial charge in [-0.1, -0.05) is 44.5 Å². The zero-order valence-electron chi connectivity index (χ0n) is 22.2. The van der Waals surface area contributed by atoms with Gasteiger partial charge in [0.2, 0.25) is 0 Å². The van der Waals surface area contributed by atoms with Crippen molar-refractivity contribution in [1.82, 2.24) is 5.32 Å². The number of rotatable bonds is 7. The lowest BCUT2D eigenvalue weighted by atomic mass is 9.47. The molecule has 3 saturated carbocycles.